The Morgan fingerprint density at radius 3 is 2.50 bits per heavy atom. The summed E-state index contributed by atoms with van der Waals surface area (Å²) in [4.78, 5) is 36.5. The molecular formula is C21H17NO6S2. The van der Waals surface area contributed by atoms with E-state index in [1.54, 1.807) is 43.3 Å². The number of carbonyl (C=O) groups excluding carboxylic acids is 1. The number of carboxylic acid groups (broad SMARTS) is 2. The largest absolute Gasteiger partial charge is 0.493 e. The first kappa shape index (κ1) is 21.5. The van der Waals surface area contributed by atoms with Crippen LogP contribution in [0.5, 0.6) is 5.75 Å². The predicted octanol–water partition coefficient (Wildman–Crippen LogP) is 3.95. The summed E-state index contributed by atoms with van der Waals surface area (Å²) in [7, 11) is 0. The number of thiocarbonyl (C=S) groups is 1. The van der Waals surface area contributed by atoms with E-state index >= 15 is 0 Å². The third kappa shape index (κ3) is 4.87. The van der Waals surface area contributed by atoms with Crippen molar-refractivity contribution in [3.8, 4) is 5.75 Å². The number of ether oxygens (including phenoxy) is 1. The van der Waals surface area contributed by atoms with Crippen molar-refractivity contribution in [2.24, 2.45) is 0 Å². The van der Waals surface area contributed by atoms with Gasteiger partial charge < -0.3 is 14.9 Å². The average Bonchev–Trinajstić information content (AvgIpc) is 2.96. The maximum atomic E-state index is 12.9. The minimum absolute atomic E-state index is 0.0715. The first-order chi connectivity index (χ1) is 14.3. The second-order valence-electron chi connectivity index (χ2n) is 6.38. The minimum Gasteiger partial charge on any atom is -0.493 e. The Morgan fingerprint density at radius 1 is 1.17 bits per heavy atom. The number of hydrogen-bond donors (Lipinski definition) is 2. The zero-order valence-corrected chi connectivity index (χ0v) is 17.5. The maximum Gasteiger partial charge on any atom is 0.335 e. The fraction of sp³-hybridized carbons (Fsp3) is 0.143. The van der Waals surface area contributed by atoms with Crippen LogP contribution in [0.25, 0.3) is 6.08 Å². The smallest absolute Gasteiger partial charge is 0.335 e. The van der Waals surface area contributed by atoms with Crippen LogP contribution in [0.2, 0.25) is 0 Å². The number of carbonyl (C=O) groups is 3. The molecule has 0 aromatic heterocycles. The molecule has 0 atom stereocenters. The quantitative estimate of drug-likeness (QED) is 0.490. The Kier molecular flexibility index (Phi) is 6.53. The molecule has 2 aromatic carbocycles. The minimum atomic E-state index is -1.08. The van der Waals surface area contributed by atoms with Crippen LogP contribution in [-0.4, -0.2) is 39.0 Å². The van der Waals surface area contributed by atoms with E-state index in [1.165, 1.54) is 17.0 Å². The molecule has 1 heterocycles. The number of aryl methyl sites for hydroxylation is 1. The number of hydrogen-bond acceptors (Lipinski definition) is 6. The van der Waals surface area contributed by atoms with Crippen LogP contribution in [-0.2, 0) is 9.59 Å². The van der Waals surface area contributed by atoms with Crippen molar-refractivity contribution in [3.63, 3.8) is 0 Å². The monoisotopic (exact) mass is 443 g/mol. The number of amides is 1. The van der Waals surface area contributed by atoms with Crippen LogP contribution >= 0.6 is 24.0 Å². The van der Waals surface area contributed by atoms with E-state index in [2.05, 4.69) is 0 Å². The number of nitrogens with zero attached hydrogens (tertiary/aromatic N) is 1. The van der Waals surface area contributed by atoms with Gasteiger partial charge in [-0.25, -0.2) is 4.79 Å². The number of benzene rings is 2. The summed E-state index contributed by atoms with van der Waals surface area (Å²) in [6, 6.07) is 11.4. The average molecular weight is 444 g/mol. The van der Waals surface area contributed by atoms with Gasteiger partial charge in [0.2, 0.25) is 0 Å². The Labute approximate surface area is 182 Å². The Hall–Kier alpha value is -3.17. The fourth-order valence-electron chi connectivity index (χ4n) is 2.73. The zero-order valence-electron chi connectivity index (χ0n) is 15.8. The summed E-state index contributed by atoms with van der Waals surface area (Å²) < 4.78 is 5.67. The molecular weight excluding hydrogens is 426 g/mol. The van der Waals surface area contributed by atoms with Crippen LogP contribution < -0.4 is 9.64 Å². The summed E-state index contributed by atoms with van der Waals surface area (Å²) in [5, 5.41) is 17.9. The van der Waals surface area contributed by atoms with E-state index in [0.717, 1.165) is 22.9 Å². The molecule has 1 amide bonds. The lowest BCUT2D eigenvalue weighted by atomic mass is 10.1. The molecule has 2 N–H and O–H groups in total. The highest BCUT2D eigenvalue weighted by Crippen LogP contribution is 2.37. The van der Waals surface area contributed by atoms with Crippen LogP contribution in [0.3, 0.4) is 0 Å². The lowest BCUT2D eigenvalue weighted by Crippen LogP contribution is -2.28. The van der Waals surface area contributed by atoms with Crippen molar-refractivity contribution >= 4 is 57.9 Å². The molecule has 2 aromatic rings. The van der Waals surface area contributed by atoms with E-state index < -0.39 is 11.9 Å². The highest BCUT2D eigenvalue weighted by Gasteiger charge is 2.34. The molecule has 1 saturated heterocycles. The number of aliphatic carboxylic acids is 1. The van der Waals surface area contributed by atoms with Crippen molar-refractivity contribution in [3.05, 3.63) is 64.1 Å². The van der Waals surface area contributed by atoms with Gasteiger partial charge in [-0.1, -0.05) is 42.2 Å². The number of aromatic carboxylic acids is 1. The topological polar surface area (TPSA) is 104 Å². The number of carboxylic acids is 2. The summed E-state index contributed by atoms with van der Waals surface area (Å²) >= 11 is 6.50. The number of anilines is 1. The van der Waals surface area contributed by atoms with E-state index in [9.17, 15) is 19.5 Å². The molecule has 154 valence electrons. The van der Waals surface area contributed by atoms with Crippen molar-refractivity contribution < 1.29 is 29.3 Å². The van der Waals surface area contributed by atoms with Crippen molar-refractivity contribution in [1.82, 2.24) is 0 Å². The highest BCUT2D eigenvalue weighted by atomic mass is 32.2. The fourth-order valence-corrected chi connectivity index (χ4v) is 4.01. The number of thioether (sulfide) groups is 1. The van der Waals surface area contributed by atoms with Crippen molar-refractivity contribution in [1.29, 1.82) is 0 Å². The molecule has 0 aliphatic carbocycles. The molecule has 7 nitrogen and oxygen atoms in total. The lowest BCUT2D eigenvalue weighted by molar-refractivity contribution is -0.137. The first-order valence-electron chi connectivity index (χ1n) is 8.83. The summed E-state index contributed by atoms with van der Waals surface area (Å²) in [5.41, 5.74) is 2.01. The van der Waals surface area contributed by atoms with Crippen LogP contribution in [0, 0.1) is 6.92 Å². The zero-order chi connectivity index (χ0) is 21.8. The Balaban J connectivity index is 1.79. The van der Waals surface area contributed by atoms with Gasteiger partial charge in [0, 0.05) is 0 Å². The summed E-state index contributed by atoms with van der Waals surface area (Å²) in [5.74, 6) is -1.81. The molecule has 0 spiro atoms. The second kappa shape index (κ2) is 9.10. The van der Waals surface area contributed by atoms with Crippen molar-refractivity contribution in [2.45, 2.75) is 13.3 Å². The molecule has 1 fully saturated rings. The molecule has 3 rings (SSSR count). The summed E-state index contributed by atoms with van der Waals surface area (Å²) in [6.07, 6.45) is 1.60. The van der Waals surface area contributed by atoms with E-state index in [0.29, 0.717) is 20.7 Å². The van der Waals surface area contributed by atoms with Crippen LogP contribution in [0.1, 0.15) is 27.9 Å². The van der Waals surface area contributed by atoms with Gasteiger partial charge in [-0.15, -0.1) is 0 Å². The van der Waals surface area contributed by atoms with Gasteiger partial charge in [0.15, 0.2) is 4.32 Å². The second-order valence-corrected chi connectivity index (χ2v) is 8.06. The molecule has 0 unspecified atom stereocenters. The lowest BCUT2D eigenvalue weighted by Gasteiger charge is -2.17. The predicted molar refractivity (Wildman–Crippen MR) is 118 cm³/mol. The van der Waals surface area contributed by atoms with Gasteiger partial charge in [0.05, 0.1) is 29.2 Å². The van der Waals surface area contributed by atoms with Crippen LogP contribution in [0.4, 0.5) is 5.69 Å². The molecule has 1 aliphatic rings. The maximum absolute atomic E-state index is 12.9. The van der Waals surface area contributed by atoms with Gasteiger partial charge in [0.1, 0.15) is 5.75 Å². The van der Waals surface area contributed by atoms with Gasteiger partial charge in [-0.2, -0.15) is 0 Å². The van der Waals surface area contributed by atoms with Gasteiger partial charge >= 0.3 is 11.9 Å². The Morgan fingerprint density at radius 2 is 1.87 bits per heavy atom. The molecule has 0 saturated carbocycles. The molecule has 0 radical (unpaired) electrons. The first-order valence-corrected chi connectivity index (χ1v) is 10.1. The summed E-state index contributed by atoms with van der Waals surface area (Å²) in [6.45, 7) is 1.86. The van der Waals surface area contributed by atoms with Gasteiger partial charge in [-0.05, 0) is 48.4 Å². The molecule has 0 bridgehead atoms. The molecule has 30 heavy (non-hydrogen) atoms. The third-order valence-electron chi connectivity index (χ3n) is 4.25. The highest BCUT2D eigenvalue weighted by molar-refractivity contribution is 8.27. The molecule has 1 aliphatic heterocycles. The number of rotatable bonds is 7. The van der Waals surface area contributed by atoms with E-state index in [-0.39, 0.29) is 24.5 Å². The molecule has 9 heteroatoms. The normalized spacial score (nSPS) is 15.0. The van der Waals surface area contributed by atoms with E-state index in [1.807, 2.05) is 0 Å². The third-order valence-corrected chi connectivity index (χ3v) is 5.56. The van der Waals surface area contributed by atoms with Gasteiger partial charge in [0.25, 0.3) is 5.91 Å². The van der Waals surface area contributed by atoms with E-state index in [4.69, 9.17) is 22.1 Å². The van der Waals surface area contributed by atoms with Crippen molar-refractivity contribution in [2.75, 3.05) is 11.5 Å². The SMILES string of the molecule is Cc1ccc(C(=O)O)cc1N1C(=O)/C(=C/c2ccc(OCCC(=O)O)cc2)SC1=S. The van der Waals surface area contributed by atoms with Crippen LogP contribution in [0.15, 0.2) is 47.4 Å². The van der Waals surface area contributed by atoms with Gasteiger partial charge in [-0.3, -0.25) is 14.5 Å². The standard InChI is InChI=1S/C21H17NO6S2/c1-12-2-5-14(20(26)27)11-16(12)22-19(25)17(30-21(22)29)10-13-3-6-15(7-4-13)28-9-8-18(23)24/h2-7,10-11H,8-9H2,1H3,(H,23,24)(H,26,27)/b17-10-. The Bertz CT molecular complexity index is 1060.